The molecule has 0 spiro atoms. The molecular formula is C9H14N2O3. The molecule has 1 N–H and O–H groups in total. The van der Waals surface area contributed by atoms with Crippen LogP contribution < -0.4 is 0 Å². The summed E-state index contributed by atoms with van der Waals surface area (Å²) >= 11 is 0. The second-order valence-corrected chi connectivity index (χ2v) is 3.02. The van der Waals surface area contributed by atoms with Crippen LogP contribution in [0.1, 0.15) is 12.7 Å². The average Bonchev–Trinajstić information content (AvgIpc) is 2.51. The molecular weight excluding hydrogens is 184 g/mol. The Morgan fingerprint density at radius 3 is 3.00 bits per heavy atom. The van der Waals surface area contributed by atoms with Crippen molar-refractivity contribution in [2.45, 2.75) is 26.5 Å². The lowest BCUT2D eigenvalue weighted by molar-refractivity contribution is -0.149. The van der Waals surface area contributed by atoms with Gasteiger partial charge in [-0.1, -0.05) is 0 Å². The summed E-state index contributed by atoms with van der Waals surface area (Å²) in [7, 11) is 0. The van der Waals surface area contributed by atoms with Crippen LogP contribution in [0.4, 0.5) is 0 Å². The number of aliphatic carboxylic acids is 1. The van der Waals surface area contributed by atoms with Crippen molar-refractivity contribution in [1.29, 1.82) is 0 Å². The Balaban J connectivity index is 2.29. The third-order valence-electron chi connectivity index (χ3n) is 1.97. The summed E-state index contributed by atoms with van der Waals surface area (Å²) in [5.74, 6) is -0.0380. The minimum Gasteiger partial charge on any atom is -0.479 e. The first-order valence-corrected chi connectivity index (χ1v) is 4.43. The van der Waals surface area contributed by atoms with Crippen LogP contribution in [-0.2, 0) is 16.1 Å². The summed E-state index contributed by atoms with van der Waals surface area (Å²) in [4.78, 5) is 14.5. The number of carbonyl (C=O) groups is 1. The lowest BCUT2D eigenvalue weighted by Crippen LogP contribution is -2.22. The Morgan fingerprint density at radius 1 is 1.79 bits per heavy atom. The highest BCUT2D eigenvalue weighted by atomic mass is 16.5. The fourth-order valence-corrected chi connectivity index (χ4v) is 1.04. The molecule has 0 radical (unpaired) electrons. The Kier molecular flexibility index (Phi) is 3.64. The van der Waals surface area contributed by atoms with Crippen molar-refractivity contribution in [2.24, 2.45) is 0 Å². The number of ether oxygens (including phenoxy) is 1. The molecule has 0 bridgehead atoms. The summed E-state index contributed by atoms with van der Waals surface area (Å²) in [5.41, 5.74) is 0. The van der Waals surface area contributed by atoms with Gasteiger partial charge in [-0.05, 0) is 13.8 Å². The van der Waals surface area contributed by atoms with Crippen molar-refractivity contribution in [3.05, 3.63) is 18.2 Å². The number of rotatable bonds is 5. The zero-order chi connectivity index (χ0) is 10.6. The molecule has 1 aromatic heterocycles. The third-order valence-corrected chi connectivity index (χ3v) is 1.97. The molecule has 78 valence electrons. The molecule has 1 rings (SSSR count). The molecule has 0 saturated heterocycles. The molecule has 5 heteroatoms. The summed E-state index contributed by atoms with van der Waals surface area (Å²) in [6.07, 6.45) is 2.79. The highest BCUT2D eigenvalue weighted by Crippen LogP contribution is 1.96. The standard InChI is InChI=1S/C9H14N2O3/c1-7(9(12)13)14-6-5-11-4-3-10-8(11)2/h3-4,7H,5-6H2,1-2H3,(H,12,13)/t7-/m1/s1. The van der Waals surface area contributed by atoms with E-state index in [1.54, 1.807) is 6.20 Å². The molecule has 1 heterocycles. The van der Waals surface area contributed by atoms with Gasteiger partial charge in [0.15, 0.2) is 6.10 Å². The normalized spacial score (nSPS) is 12.7. The van der Waals surface area contributed by atoms with Crippen LogP contribution in [0, 0.1) is 6.92 Å². The van der Waals surface area contributed by atoms with E-state index in [-0.39, 0.29) is 0 Å². The van der Waals surface area contributed by atoms with Gasteiger partial charge in [0.2, 0.25) is 0 Å². The Morgan fingerprint density at radius 2 is 2.50 bits per heavy atom. The zero-order valence-electron chi connectivity index (χ0n) is 8.30. The molecule has 0 amide bonds. The van der Waals surface area contributed by atoms with Crippen molar-refractivity contribution in [3.8, 4) is 0 Å². The first-order chi connectivity index (χ1) is 6.61. The van der Waals surface area contributed by atoms with Crippen molar-refractivity contribution >= 4 is 5.97 Å². The minimum atomic E-state index is -0.938. The fourth-order valence-electron chi connectivity index (χ4n) is 1.04. The van der Waals surface area contributed by atoms with Crippen LogP contribution in [0.15, 0.2) is 12.4 Å². The second kappa shape index (κ2) is 4.76. The molecule has 14 heavy (non-hydrogen) atoms. The lowest BCUT2D eigenvalue weighted by Gasteiger charge is -2.09. The maximum atomic E-state index is 10.4. The molecule has 0 aliphatic carbocycles. The van der Waals surface area contributed by atoms with Gasteiger partial charge < -0.3 is 14.4 Å². The van der Waals surface area contributed by atoms with Crippen molar-refractivity contribution < 1.29 is 14.6 Å². The number of hydrogen-bond donors (Lipinski definition) is 1. The molecule has 1 aromatic rings. The largest absolute Gasteiger partial charge is 0.479 e. The van der Waals surface area contributed by atoms with E-state index in [1.165, 1.54) is 6.92 Å². The van der Waals surface area contributed by atoms with E-state index in [9.17, 15) is 4.79 Å². The zero-order valence-corrected chi connectivity index (χ0v) is 8.30. The molecule has 0 aromatic carbocycles. The van der Waals surface area contributed by atoms with Crippen LogP contribution in [0.2, 0.25) is 0 Å². The number of imidazole rings is 1. The van der Waals surface area contributed by atoms with Crippen LogP contribution in [0.3, 0.4) is 0 Å². The van der Waals surface area contributed by atoms with Gasteiger partial charge in [0, 0.05) is 18.9 Å². The number of aromatic nitrogens is 2. The second-order valence-electron chi connectivity index (χ2n) is 3.02. The third kappa shape index (κ3) is 2.85. The summed E-state index contributed by atoms with van der Waals surface area (Å²) in [6.45, 7) is 4.41. The molecule has 1 atom stereocenters. The highest BCUT2D eigenvalue weighted by Gasteiger charge is 2.10. The van der Waals surface area contributed by atoms with Gasteiger partial charge in [-0.2, -0.15) is 0 Å². The van der Waals surface area contributed by atoms with Crippen molar-refractivity contribution in [2.75, 3.05) is 6.61 Å². The van der Waals surface area contributed by atoms with Gasteiger partial charge in [-0.3, -0.25) is 0 Å². The smallest absolute Gasteiger partial charge is 0.332 e. The number of aryl methyl sites for hydroxylation is 1. The number of carboxylic acids is 1. The van der Waals surface area contributed by atoms with Gasteiger partial charge in [0.25, 0.3) is 0 Å². The molecule has 5 nitrogen and oxygen atoms in total. The van der Waals surface area contributed by atoms with Crippen LogP contribution in [-0.4, -0.2) is 33.3 Å². The number of nitrogens with zero attached hydrogens (tertiary/aromatic N) is 2. The van der Waals surface area contributed by atoms with E-state index >= 15 is 0 Å². The first kappa shape index (κ1) is 10.7. The van der Waals surface area contributed by atoms with E-state index in [0.717, 1.165) is 5.82 Å². The molecule has 0 aliphatic heterocycles. The minimum absolute atomic E-state index is 0.380. The molecule has 0 aliphatic rings. The average molecular weight is 198 g/mol. The molecule has 0 unspecified atom stereocenters. The van der Waals surface area contributed by atoms with E-state index in [2.05, 4.69) is 4.98 Å². The maximum Gasteiger partial charge on any atom is 0.332 e. The van der Waals surface area contributed by atoms with Crippen molar-refractivity contribution in [1.82, 2.24) is 9.55 Å². The van der Waals surface area contributed by atoms with Gasteiger partial charge in [0.05, 0.1) is 6.61 Å². The SMILES string of the molecule is Cc1nccn1CCO[C@H](C)C(=O)O. The van der Waals surface area contributed by atoms with Crippen LogP contribution >= 0.6 is 0 Å². The van der Waals surface area contributed by atoms with E-state index in [1.807, 2.05) is 17.7 Å². The van der Waals surface area contributed by atoms with Gasteiger partial charge in [-0.25, -0.2) is 9.78 Å². The highest BCUT2D eigenvalue weighted by molar-refractivity contribution is 5.71. The van der Waals surface area contributed by atoms with Crippen LogP contribution in [0.5, 0.6) is 0 Å². The number of hydrogen-bond acceptors (Lipinski definition) is 3. The Hall–Kier alpha value is -1.36. The lowest BCUT2D eigenvalue weighted by atomic mass is 10.4. The first-order valence-electron chi connectivity index (χ1n) is 4.43. The van der Waals surface area contributed by atoms with Gasteiger partial charge in [-0.15, -0.1) is 0 Å². The fraction of sp³-hybridized carbons (Fsp3) is 0.556. The predicted octanol–water partition coefficient (Wildman–Crippen LogP) is 0.681. The predicted molar refractivity (Wildman–Crippen MR) is 50.0 cm³/mol. The summed E-state index contributed by atoms with van der Waals surface area (Å²) < 4.78 is 6.99. The quantitative estimate of drug-likeness (QED) is 0.755. The Bertz CT molecular complexity index is 309. The number of carboxylic acid groups (broad SMARTS) is 1. The topological polar surface area (TPSA) is 64.4 Å². The van der Waals surface area contributed by atoms with E-state index in [4.69, 9.17) is 9.84 Å². The maximum absolute atomic E-state index is 10.4. The molecule has 0 saturated carbocycles. The van der Waals surface area contributed by atoms with Crippen LogP contribution in [0.25, 0.3) is 0 Å². The van der Waals surface area contributed by atoms with Gasteiger partial charge >= 0.3 is 5.97 Å². The van der Waals surface area contributed by atoms with Crippen molar-refractivity contribution in [3.63, 3.8) is 0 Å². The van der Waals surface area contributed by atoms with E-state index < -0.39 is 12.1 Å². The summed E-state index contributed by atoms with van der Waals surface area (Å²) in [5, 5.41) is 8.55. The van der Waals surface area contributed by atoms with Gasteiger partial charge in [0.1, 0.15) is 5.82 Å². The summed E-state index contributed by atoms with van der Waals surface area (Å²) in [6, 6.07) is 0. The van der Waals surface area contributed by atoms with E-state index in [0.29, 0.717) is 13.2 Å². The monoisotopic (exact) mass is 198 g/mol. The Labute approximate surface area is 82.3 Å². The molecule has 0 fully saturated rings.